The number of rotatable bonds is 2. The van der Waals surface area contributed by atoms with Crippen molar-refractivity contribution in [1.82, 2.24) is 0 Å². The molecule has 1 heterocycles. The van der Waals surface area contributed by atoms with Crippen LogP contribution in [0.4, 0.5) is 10.1 Å². The number of carbonyl (C=O) groups is 1. The van der Waals surface area contributed by atoms with Crippen LogP contribution in [0.25, 0.3) is 0 Å². The highest BCUT2D eigenvalue weighted by molar-refractivity contribution is 5.89. The third-order valence-corrected chi connectivity index (χ3v) is 5.89. The Bertz CT molecular complexity index is 1060. The monoisotopic (exact) mass is 359 g/mol. The lowest BCUT2D eigenvalue weighted by molar-refractivity contribution is 0.0696. The quantitative estimate of drug-likeness (QED) is 0.677. The first-order valence-corrected chi connectivity index (χ1v) is 9.09. The first kappa shape index (κ1) is 16.1. The predicted octanol–water partition coefficient (Wildman–Crippen LogP) is 4.99. The molecule has 0 unspecified atom stereocenters. The van der Waals surface area contributed by atoms with Crippen molar-refractivity contribution in [1.29, 1.82) is 0 Å². The molecule has 0 aromatic heterocycles. The van der Waals surface area contributed by atoms with E-state index in [-0.39, 0.29) is 29.3 Å². The van der Waals surface area contributed by atoms with Gasteiger partial charge in [-0.25, -0.2) is 9.18 Å². The molecule has 1 aliphatic carbocycles. The third kappa shape index (κ3) is 2.44. The molecule has 27 heavy (non-hydrogen) atoms. The molecule has 3 aromatic carbocycles. The van der Waals surface area contributed by atoms with Gasteiger partial charge >= 0.3 is 5.97 Å². The average molecular weight is 359 g/mol. The summed E-state index contributed by atoms with van der Waals surface area (Å²) in [6.45, 7) is 0. The molecule has 3 atom stereocenters. The Morgan fingerprint density at radius 2 is 1.70 bits per heavy atom. The molecular weight excluding hydrogens is 341 g/mol. The maximum absolute atomic E-state index is 14.6. The molecule has 0 radical (unpaired) electrons. The van der Waals surface area contributed by atoms with Crippen LogP contribution in [0.15, 0.2) is 66.7 Å². The lowest BCUT2D eigenvalue weighted by Gasteiger charge is -2.38. The lowest BCUT2D eigenvalue weighted by Crippen LogP contribution is -2.31. The summed E-state index contributed by atoms with van der Waals surface area (Å²) in [6.07, 6.45) is 0.837. The predicted molar refractivity (Wildman–Crippen MR) is 102 cm³/mol. The fraction of sp³-hybridized carbons (Fsp3) is 0.174. The topological polar surface area (TPSA) is 49.3 Å². The van der Waals surface area contributed by atoms with Crippen molar-refractivity contribution in [3.8, 4) is 0 Å². The number of aromatic carboxylic acids is 1. The first-order chi connectivity index (χ1) is 13.1. The van der Waals surface area contributed by atoms with Gasteiger partial charge in [0.15, 0.2) is 0 Å². The molecule has 4 heteroatoms. The van der Waals surface area contributed by atoms with E-state index >= 15 is 0 Å². The van der Waals surface area contributed by atoms with E-state index in [9.17, 15) is 14.3 Å². The second kappa shape index (κ2) is 5.95. The summed E-state index contributed by atoms with van der Waals surface area (Å²) in [7, 11) is 0. The Hall–Kier alpha value is -3.14. The van der Waals surface area contributed by atoms with E-state index in [0.29, 0.717) is 5.56 Å². The standard InChI is InChI=1S/C23H18FNO2/c24-19-8-4-3-7-16(19)22-18-11-13-5-1-2-6-15(13)21(18)17-12-14(23(26)27)9-10-20(17)25-22/h1-10,12,18,21-22,25H,11H2,(H,26,27)/t18-,21+,22+/m1/s1. The number of benzene rings is 3. The van der Waals surface area contributed by atoms with E-state index < -0.39 is 5.97 Å². The van der Waals surface area contributed by atoms with E-state index in [1.807, 2.05) is 30.3 Å². The number of fused-ring (bicyclic) bond motifs is 5. The highest BCUT2D eigenvalue weighted by Crippen LogP contribution is 2.54. The van der Waals surface area contributed by atoms with Crippen molar-refractivity contribution in [2.24, 2.45) is 5.92 Å². The summed E-state index contributed by atoms with van der Waals surface area (Å²) in [5.41, 5.74) is 5.28. The Kier molecular flexibility index (Phi) is 3.54. The molecular formula is C23H18FNO2. The van der Waals surface area contributed by atoms with Crippen LogP contribution < -0.4 is 5.32 Å². The molecule has 5 rings (SSSR count). The van der Waals surface area contributed by atoms with Gasteiger partial charge in [-0.2, -0.15) is 0 Å². The van der Waals surface area contributed by atoms with Crippen LogP contribution in [0, 0.1) is 11.7 Å². The minimum absolute atomic E-state index is 0.0568. The minimum Gasteiger partial charge on any atom is -0.478 e. The van der Waals surface area contributed by atoms with Gasteiger partial charge in [-0.3, -0.25) is 0 Å². The minimum atomic E-state index is -0.933. The van der Waals surface area contributed by atoms with Gasteiger partial charge in [0.1, 0.15) is 5.82 Å². The fourth-order valence-corrected chi connectivity index (χ4v) is 4.73. The number of hydrogen-bond acceptors (Lipinski definition) is 2. The van der Waals surface area contributed by atoms with Crippen LogP contribution in [0.2, 0.25) is 0 Å². The zero-order valence-electron chi connectivity index (χ0n) is 14.5. The van der Waals surface area contributed by atoms with Crippen LogP contribution in [-0.2, 0) is 6.42 Å². The van der Waals surface area contributed by atoms with Crippen LogP contribution in [0.1, 0.15) is 44.6 Å². The van der Waals surface area contributed by atoms with Crippen LogP contribution in [0.5, 0.6) is 0 Å². The second-order valence-corrected chi connectivity index (χ2v) is 7.30. The molecule has 134 valence electrons. The van der Waals surface area contributed by atoms with Gasteiger partial charge in [0, 0.05) is 17.2 Å². The molecule has 3 aromatic rings. The Labute approximate surface area is 156 Å². The van der Waals surface area contributed by atoms with Crippen molar-refractivity contribution < 1.29 is 14.3 Å². The number of nitrogens with one attached hydrogen (secondary N) is 1. The van der Waals surface area contributed by atoms with Gasteiger partial charge in [-0.05, 0) is 53.3 Å². The lowest BCUT2D eigenvalue weighted by atomic mass is 9.75. The Balaban J connectivity index is 1.71. The molecule has 2 N–H and O–H groups in total. The van der Waals surface area contributed by atoms with Crippen LogP contribution in [0.3, 0.4) is 0 Å². The van der Waals surface area contributed by atoms with Gasteiger partial charge in [0.25, 0.3) is 0 Å². The Morgan fingerprint density at radius 1 is 0.963 bits per heavy atom. The van der Waals surface area contributed by atoms with Crippen LogP contribution in [-0.4, -0.2) is 11.1 Å². The van der Waals surface area contributed by atoms with Gasteiger partial charge in [-0.15, -0.1) is 0 Å². The average Bonchev–Trinajstić information content (AvgIpc) is 3.07. The van der Waals surface area contributed by atoms with Gasteiger partial charge in [0.05, 0.1) is 11.6 Å². The summed E-state index contributed by atoms with van der Waals surface area (Å²) >= 11 is 0. The zero-order valence-corrected chi connectivity index (χ0v) is 14.5. The number of hydrogen-bond donors (Lipinski definition) is 2. The molecule has 0 spiro atoms. The number of carboxylic acids is 1. The molecule has 0 saturated heterocycles. The van der Waals surface area contributed by atoms with E-state index in [1.165, 1.54) is 17.2 Å². The second-order valence-electron chi connectivity index (χ2n) is 7.30. The number of anilines is 1. The van der Waals surface area contributed by atoms with E-state index in [0.717, 1.165) is 17.7 Å². The van der Waals surface area contributed by atoms with E-state index in [4.69, 9.17) is 0 Å². The summed E-state index contributed by atoms with van der Waals surface area (Å²) in [6, 6.07) is 20.2. The van der Waals surface area contributed by atoms with Crippen molar-refractivity contribution >= 4 is 11.7 Å². The summed E-state index contributed by atoms with van der Waals surface area (Å²) < 4.78 is 14.6. The molecule has 0 bridgehead atoms. The normalized spacial score (nSPS) is 22.3. The summed E-state index contributed by atoms with van der Waals surface area (Å²) in [5.74, 6) is -0.954. The summed E-state index contributed by atoms with van der Waals surface area (Å²) in [5, 5.41) is 12.9. The van der Waals surface area contributed by atoms with Gasteiger partial charge in [0.2, 0.25) is 0 Å². The first-order valence-electron chi connectivity index (χ1n) is 9.09. The highest BCUT2D eigenvalue weighted by Gasteiger charge is 2.44. The molecule has 0 saturated carbocycles. The fourth-order valence-electron chi connectivity index (χ4n) is 4.73. The molecule has 0 fully saturated rings. The van der Waals surface area contributed by atoms with Crippen molar-refractivity contribution in [2.75, 3.05) is 5.32 Å². The summed E-state index contributed by atoms with van der Waals surface area (Å²) in [4.78, 5) is 11.5. The van der Waals surface area contributed by atoms with E-state index in [1.54, 1.807) is 18.2 Å². The Morgan fingerprint density at radius 3 is 2.48 bits per heavy atom. The van der Waals surface area contributed by atoms with Gasteiger partial charge < -0.3 is 10.4 Å². The maximum atomic E-state index is 14.6. The van der Waals surface area contributed by atoms with Crippen molar-refractivity contribution in [3.63, 3.8) is 0 Å². The van der Waals surface area contributed by atoms with Gasteiger partial charge in [-0.1, -0.05) is 42.5 Å². The number of halogens is 1. The number of carboxylic acid groups (broad SMARTS) is 1. The van der Waals surface area contributed by atoms with Crippen molar-refractivity contribution in [3.05, 3.63) is 100 Å². The molecule has 0 amide bonds. The maximum Gasteiger partial charge on any atom is 0.335 e. The smallest absolute Gasteiger partial charge is 0.335 e. The SMILES string of the molecule is O=C(O)c1ccc2c(c1)[C@@H]1c3ccccc3C[C@H]1[C@H](c1ccccc1F)N2. The zero-order chi connectivity index (χ0) is 18.5. The molecule has 3 nitrogen and oxygen atoms in total. The third-order valence-electron chi connectivity index (χ3n) is 5.89. The largest absolute Gasteiger partial charge is 0.478 e. The highest BCUT2D eigenvalue weighted by atomic mass is 19.1. The molecule has 1 aliphatic heterocycles. The van der Waals surface area contributed by atoms with Crippen LogP contribution >= 0.6 is 0 Å². The van der Waals surface area contributed by atoms with E-state index in [2.05, 4.69) is 17.4 Å². The molecule has 2 aliphatic rings. The van der Waals surface area contributed by atoms with Crippen molar-refractivity contribution in [2.45, 2.75) is 18.4 Å².